The highest BCUT2D eigenvalue weighted by Gasteiger charge is 2.36. The third kappa shape index (κ3) is 6.95. The van der Waals surface area contributed by atoms with Crippen molar-refractivity contribution in [2.45, 2.75) is 91.0 Å². The molecule has 1 saturated carbocycles. The molecule has 2 atom stereocenters. The van der Waals surface area contributed by atoms with Crippen molar-refractivity contribution in [2.75, 3.05) is 19.8 Å². The lowest BCUT2D eigenvalue weighted by molar-refractivity contribution is -0.137. The third-order valence-electron chi connectivity index (χ3n) is 6.33. The predicted molar refractivity (Wildman–Crippen MR) is 121 cm³/mol. The average Bonchev–Trinajstić information content (AvgIpc) is 3.29. The molecule has 4 rings (SSSR count). The normalized spacial score (nSPS) is 23.4. The van der Waals surface area contributed by atoms with Crippen molar-refractivity contribution in [2.24, 2.45) is 5.92 Å². The van der Waals surface area contributed by atoms with Gasteiger partial charge in [-0.05, 0) is 61.8 Å². The maximum atomic E-state index is 13.0. The Morgan fingerprint density at radius 1 is 1.00 bits per heavy atom. The maximum absolute atomic E-state index is 13.0. The number of nitrogens with zero attached hydrogens (tertiary/aromatic N) is 1. The highest BCUT2D eigenvalue weighted by Crippen LogP contribution is 2.34. The van der Waals surface area contributed by atoms with E-state index in [1.165, 1.54) is 6.07 Å². The molecule has 1 amide bonds. The van der Waals surface area contributed by atoms with Crippen LogP contribution >= 0.6 is 0 Å². The standard InChI is InChI=1S/C21H27F3N2O2.2C2H6/c22-21(23,24)17-3-1-14-5-8-26(13-16(14)11-17)20(27)15-2-4-19(12-15)25-18-6-9-28-10-7-18;2*1-2/h1,3,11,15,18-19,25H,2,4-10,12-13H2;2*1-2H3/t15?,19-;;/m1../s1. The molecule has 2 aliphatic heterocycles. The fourth-order valence-corrected chi connectivity index (χ4v) is 4.73. The fraction of sp³-hybridized carbons (Fsp3) is 0.720. The zero-order valence-electron chi connectivity index (χ0n) is 19.9. The van der Waals surface area contributed by atoms with Crippen molar-refractivity contribution in [3.63, 3.8) is 0 Å². The second-order valence-electron chi connectivity index (χ2n) is 8.25. The van der Waals surface area contributed by atoms with Gasteiger partial charge in [0.05, 0.1) is 5.56 Å². The van der Waals surface area contributed by atoms with Gasteiger partial charge >= 0.3 is 6.18 Å². The van der Waals surface area contributed by atoms with Crippen molar-refractivity contribution in [3.05, 3.63) is 34.9 Å². The third-order valence-corrected chi connectivity index (χ3v) is 6.33. The molecular weight excluding hydrogens is 417 g/mol. The molecule has 1 aliphatic carbocycles. The number of fused-ring (bicyclic) bond motifs is 1. The lowest BCUT2D eigenvalue weighted by Crippen LogP contribution is -2.42. The molecule has 32 heavy (non-hydrogen) atoms. The SMILES string of the molecule is CC.CC.O=C(C1CC[C@@H](NC2CCOCC2)C1)N1CCc2ccc(C(F)(F)F)cc2C1. The van der Waals surface area contributed by atoms with Crippen molar-refractivity contribution in [3.8, 4) is 0 Å². The largest absolute Gasteiger partial charge is 0.416 e. The molecule has 3 aliphatic rings. The summed E-state index contributed by atoms with van der Waals surface area (Å²) < 4.78 is 44.4. The maximum Gasteiger partial charge on any atom is 0.416 e. The molecule has 182 valence electrons. The summed E-state index contributed by atoms with van der Waals surface area (Å²) in [5.41, 5.74) is 0.911. The van der Waals surface area contributed by atoms with Crippen LogP contribution in [0.2, 0.25) is 0 Å². The molecule has 4 nitrogen and oxygen atoms in total. The smallest absolute Gasteiger partial charge is 0.381 e. The van der Waals surface area contributed by atoms with E-state index in [0.717, 1.165) is 56.9 Å². The Labute approximate surface area is 190 Å². The molecule has 2 heterocycles. The van der Waals surface area contributed by atoms with Crippen LogP contribution in [0.25, 0.3) is 0 Å². The molecular formula is C25H39F3N2O2. The minimum absolute atomic E-state index is 0.0234. The van der Waals surface area contributed by atoms with Crippen LogP contribution in [0.3, 0.4) is 0 Å². The molecule has 0 spiro atoms. The van der Waals surface area contributed by atoms with Crippen LogP contribution in [0, 0.1) is 5.92 Å². The number of nitrogens with one attached hydrogen (secondary N) is 1. The highest BCUT2D eigenvalue weighted by molar-refractivity contribution is 5.79. The van der Waals surface area contributed by atoms with Crippen molar-refractivity contribution < 1.29 is 22.7 Å². The van der Waals surface area contributed by atoms with Crippen LogP contribution in [0.1, 0.15) is 76.5 Å². The van der Waals surface area contributed by atoms with Crippen molar-refractivity contribution in [1.29, 1.82) is 0 Å². The summed E-state index contributed by atoms with van der Waals surface area (Å²) >= 11 is 0. The number of carbonyl (C=O) groups is 1. The topological polar surface area (TPSA) is 41.6 Å². The van der Waals surface area contributed by atoms with Gasteiger partial charge in [0, 0.05) is 44.3 Å². The second-order valence-corrected chi connectivity index (χ2v) is 8.25. The number of benzene rings is 1. The van der Waals surface area contributed by atoms with E-state index in [0.29, 0.717) is 30.6 Å². The summed E-state index contributed by atoms with van der Waals surface area (Å²) in [4.78, 5) is 14.7. The highest BCUT2D eigenvalue weighted by atomic mass is 19.4. The molecule has 7 heteroatoms. The monoisotopic (exact) mass is 456 g/mol. The number of carbonyl (C=O) groups excluding carboxylic acids is 1. The minimum atomic E-state index is -4.35. The van der Waals surface area contributed by atoms with Crippen LogP contribution in [0.4, 0.5) is 13.2 Å². The fourth-order valence-electron chi connectivity index (χ4n) is 4.73. The molecule has 1 aromatic rings. The Kier molecular flexibility index (Phi) is 10.5. The molecule has 0 bridgehead atoms. The first kappa shape index (κ1) is 26.7. The van der Waals surface area contributed by atoms with E-state index in [-0.39, 0.29) is 18.4 Å². The number of hydrogen-bond acceptors (Lipinski definition) is 3. The number of halogens is 3. The first-order valence-electron chi connectivity index (χ1n) is 12.2. The predicted octanol–water partition coefficient (Wildman–Crippen LogP) is 5.58. The van der Waals surface area contributed by atoms with Gasteiger partial charge in [-0.1, -0.05) is 33.8 Å². The molecule has 1 saturated heterocycles. The first-order valence-corrected chi connectivity index (χ1v) is 12.2. The van der Waals surface area contributed by atoms with Gasteiger partial charge in [-0.15, -0.1) is 0 Å². The van der Waals surface area contributed by atoms with E-state index >= 15 is 0 Å². The van der Waals surface area contributed by atoms with Gasteiger partial charge in [-0.2, -0.15) is 13.2 Å². The number of alkyl halides is 3. The van der Waals surface area contributed by atoms with Crippen molar-refractivity contribution >= 4 is 5.91 Å². The Hall–Kier alpha value is -1.60. The van der Waals surface area contributed by atoms with Crippen LogP contribution in [-0.2, 0) is 28.7 Å². The number of rotatable bonds is 3. The quantitative estimate of drug-likeness (QED) is 0.646. The second kappa shape index (κ2) is 12.6. The van der Waals surface area contributed by atoms with E-state index in [4.69, 9.17) is 4.74 Å². The molecule has 2 fully saturated rings. The van der Waals surface area contributed by atoms with E-state index in [2.05, 4.69) is 5.32 Å². The Bertz CT molecular complexity index is 718. The van der Waals surface area contributed by atoms with Gasteiger partial charge in [0.25, 0.3) is 0 Å². The number of amides is 1. The van der Waals surface area contributed by atoms with Crippen LogP contribution in [0.15, 0.2) is 18.2 Å². The van der Waals surface area contributed by atoms with E-state index in [9.17, 15) is 18.0 Å². The van der Waals surface area contributed by atoms with Gasteiger partial charge in [-0.25, -0.2) is 0 Å². The Morgan fingerprint density at radius 2 is 1.69 bits per heavy atom. The summed E-state index contributed by atoms with van der Waals surface area (Å²) in [5, 5.41) is 3.67. The lowest BCUT2D eigenvalue weighted by Gasteiger charge is -2.31. The molecule has 0 radical (unpaired) electrons. The van der Waals surface area contributed by atoms with Crippen LogP contribution in [0.5, 0.6) is 0 Å². The average molecular weight is 457 g/mol. The van der Waals surface area contributed by atoms with Gasteiger partial charge in [0.1, 0.15) is 0 Å². The van der Waals surface area contributed by atoms with Crippen LogP contribution in [-0.4, -0.2) is 42.6 Å². The summed E-state index contributed by atoms with van der Waals surface area (Å²) in [7, 11) is 0. The van der Waals surface area contributed by atoms with E-state index in [1.54, 1.807) is 11.0 Å². The van der Waals surface area contributed by atoms with E-state index < -0.39 is 11.7 Å². The van der Waals surface area contributed by atoms with E-state index in [1.807, 2.05) is 27.7 Å². The molecule has 1 N–H and O–H groups in total. The van der Waals surface area contributed by atoms with Crippen molar-refractivity contribution in [1.82, 2.24) is 10.2 Å². The molecule has 0 aromatic heterocycles. The summed E-state index contributed by atoms with van der Waals surface area (Å²) in [6.07, 6.45) is 0.953. The minimum Gasteiger partial charge on any atom is -0.381 e. The van der Waals surface area contributed by atoms with Gasteiger partial charge in [0.15, 0.2) is 0 Å². The zero-order valence-corrected chi connectivity index (χ0v) is 19.9. The Balaban J connectivity index is 0.000000860. The van der Waals surface area contributed by atoms with Gasteiger partial charge < -0.3 is 15.0 Å². The summed E-state index contributed by atoms with van der Waals surface area (Å²) in [6.45, 7) is 10.5. The zero-order chi connectivity index (χ0) is 23.7. The lowest BCUT2D eigenvalue weighted by atomic mass is 9.95. The Morgan fingerprint density at radius 3 is 2.34 bits per heavy atom. The van der Waals surface area contributed by atoms with Gasteiger partial charge in [-0.3, -0.25) is 4.79 Å². The molecule has 1 aromatic carbocycles. The molecule has 1 unspecified atom stereocenters. The first-order chi connectivity index (χ1) is 15.4. The summed E-state index contributed by atoms with van der Waals surface area (Å²) in [5.74, 6) is 0.0732. The number of hydrogen-bond donors (Lipinski definition) is 1. The van der Waals surface area contributed by atoms with Crippen LogP contribution < -0.4 is 5.32 Å². The van der Waals surface area contributed by atoms with Gasteiger partial charge in [0.2, 0.25) is 5.91 Å². The number of ether oxygens (including phenoxy) is 1. The summed E-state index contributed by atoms with van der Waals surface area (Å²) in [6, 6.07) is 4.73.